The Morgan fingerprint density at radius 1 is 1.07 bits per heavy atom. The monoisotopic (exact) mass is 495 g/mol. The molecule has 0 aliphatic heterocycles. The number of anilines is 1. The van der Waals surface area contributed by atoms with Crippen molar-refractivity contribution >= 4 is 41.5 Å². The van der Waals surface area contributed by atoms with Gasteiger partial charge in [0.15, 0.2) is 5.96 Å². The quantitative estimate of drug-likeness (QED) is 0.216. The highest BCUT2D eigenvalue weighted by Gasteiger charge is 2.04. The van der Waals surface area contributed by atoms with Crippen LogP contribution in [0.5, 0.6) is 0 Å². The van der Waals surface area contributed by atoms with Gasteiger partial charge in [-0.05, 0) is 43.2 Å². The Morgan fingerprint density at radius 3 is 2.32 bits per heavy atom. The van der Waals surface area contributed by atoms with Gasteiger partial charge in [0, 0.05) is 44.5 Å². The minimum atomic E-state index is -0.413. The minimum absolute atomic E-state index is 0. The van der Waals surface area contributed by atoms with E-state index in [-0.39, 0.29) is 24.0 Å². The first-order chi connectivity index (χ1) is 13.1. The van der Waals surface area contributed by atoms with E-state index in [1.807, 2.05) is 18.2 Å². The number of hydrogen-bond acceptors (Lipinski definition) is 3. The fraction of sp³-hybridized carbons (Fsp3) is 0.333. The summed E-state index contributed by atoms with van der Waals surface area (Å²) in [5.74, 6) is 0.348. The van der Waals surface area contributed by atoms with E-state index in [0.29, 0.717) is 12.1 Å². The van der Waals surface area contributed by atoms with Crippen molar-refractivity contribution in [1.82, 2.24) is 10.6 Å². The average Bonchev–Trinajstić information content (AvgIpc) is 2.71. The molecule has 0 heterocycles. The van der Waals surface area contributed by atoms with Crippen molar-refractivity contribution in [2.75, 3.05) is 31.6 Å². The van der Waals surface area contributed by atoms with Crippen LogP contribution in [0.15, 0.2) is 59.6 Å². The summed E-state index contributed by atoms with van der Waals surface area (Å²) in [6.45, 7) is 5.61. The number of carbonyl (C=O) groups is 1. The van der Waals surface area contributed by atoms with Gasteiger partial charge in [-0.15, -0.1) is 24.0 Å². The molecule has 0 fully saturated rings. The number of nitrogens with two attached hydrogens (primary N) is 1. The summed E-state index contributed by atoms with van der Waals surface area (Å²) >= 11 is 0. The van der Waals surface area contributed by atoms with Crippen LogP contribution in [0.2, 0.25) is 0 Å². The average molecular weight is 495 g/mol. The smallest absolute Gasteiger partial charge is 0.248 e. The number of nitrogens with zero attached hydrogens (tertiary/aromatic N) is 2. The summed E-state index contributed by atoms with van der Waals surface area (Å²) in [5, 5.41) is 6.62. The molecule has 2 rings (SSSR count). The van der Waals surface area contributed by atoms with E-state index in [0.717, 1.165) is 37.6 Å². The second-order valence-electron chi connectivity index (χ2n) is 6.18. The molecule has 6 nitrogen and oxygen atoms in total. The van der Waals surface area contributed by atoms with E-state index < -0.39 is 5.91 Å². The Morgan fingerprint density at radius 2 is 1.75 bits per heavy atom. The summed E-state index contributed by atoms with van der Waals surface area (Å²) < 4.78 is 0. The summed E-state index contributed by atoms with van der Waals surface area (Å²) in [7, 11) is 1.76. The SMILES string of the molecule is CCN(CCCNC(=NC)NCc1ccc(C(N)=O)cc1)c1ccccc1.I. The first-order valence-electron chi connectivity index (χ1n) is 9.27. The molecule has 1 amide bonds. The summed E-state index contributed by atoms with van der Waals surface area (Å²) in [4.78, 5) is 17.7. The molecule has 152 valence electrons. The first-order valence-corrected chi connectivity index (χ1v) is 9.27. The third-order valence-electron chi connectivity index (χ3n) is 4.32. The lowest BCUT2D eigenvalue weighted by molar-refractivity contribution is 0.100. The van der Waals surface area contributed by atoms with Crippen LogP contribution in [-0.2, 0) is 6.54 Å². The molecule has 0 aromatic heterocycles. The highest BCUT2D eigenvalue weighted by molar-refractivity contribution is 14.0. The zero-order valence-corrected chi connectivity index (χ0v) is 18.9. The lowest BCUT2D eigenvalue weighted by Crippen LogP contribution is -2.38. The predicted octanol–water partition coefficient (Wildman–Crippen LogP) is 2.99. The van der Waals surface area contributed by atoms with Crippen LogP contribution >= 0.6 is 24.0 Å². The number of halogens is 1. The molecule has 0 aliphatic rings. The number of para-hydroxylation sites is 1. The van der Waals surface area contributed by atoms with Gasteiger partial charge in [-0.25, -0.2) is 0 Å². The van der Waals surface area contributed by atoms with Crippen LogP contribution in [0.3, 0.4) is 0 Å². The molecule has 4 N–H and O–H groups in total. The van der Waals surface area contributed by atoms with E-state index in [4.69, 9.17) is 5.73 Å². The number of hydrogen-bond donors (Lipinski definition) is 3. The van der Waals surface area contributed by atoms with Gasteiger partial charge in [-0.2, -0.15) is 0 Å². The number of guanidine groups is 1. The molecule has 0 saturated heterocycles. The topological polar surface area (TPSA) is 82.8 Å². The van der Waals surface area contributed by atoms with E-state index in [9.17, 15) is 4.79 Å². The number of rotatable bonds is 9. The maximum Gasteiger partial charge on any atom is 0.248 e. The molecule has 0 saturated carbocycles. The van der Waals surface area contributed by atoms with E-state index >= 15 is 0 Å². The van der Waals surface area contributed by atoms with Crippen LogP contribution < -0.4 is 21.3 Å². The number of amides is 1. The second-order valence-corrected chi connectivity index (χ2v) is 6.18. The van der Waals surface area contributed by atoms with E-state index in [1.54, 1.807) is 19.2 Å². The van der Waals surface area contributed by atoms with Gasteiger partial charge in [-0.3, -0.25) is 9.79 Å². The van der Waals surface area contributed by atoms with Crippen LogP contribution in [0, 0.1) is 0 Å². The highest BCUT2D eigenvalue weighted by Crippen LogP contribution is 2.12. The Kier molecular flexibility index (Phi) is 11.0. The van der Waals surface area contributed by atoms with Gasteiger partial charge < -0.3 is 21.3 Å². The molecule has 0 spiro atoms. The van der Waals surface area contributed by atoms with Gasteiger partial charge in [0.2, 0.25) is 5.91 Å². The molecule has 0 atom stereocenters. The summed E-state index contributed by atoms with van der Waals surface area (Å²) in [6, 6.07) is 17.7. The Balaban J connectivity index is 0.00000392. The van der Waals surface area contributed by atoms with Crippen molar-refractivity contribution in [3.8, 4) is 0 Å². The zero-order chi connectivity index (χ0) is 19.5. The van der Waals surface area contributed by atoms with Crippen LogP contribution in [0.1, 0.15) is 29.3 Å². The molecule has 2 aromatic rings. The number of carbonyl (C=O) groups excluding carboxylic acids is 1. The molecule has 7 heteroatoms. The predicted molar refractivity (Wildman–Crippen MR) is 128 cm³/mol. The Hall–Kier alpha value is -2.29. The molecule has 28 heavy (non-hydrogen) atoms. The van der Waals surface area contributed by atoms with Gasteiger partial charge in [0.25, 0.3) is 0 Å². The maximum absolute atomic E-state index is 11.1. The fourth-order valence-corrected chi connectivity index (χ4v) is 2.78. The number of nitrogens with one attached hydrogen (secondary N) is 2. The molecule has 0 unspecified atom stereocenters. The van der Waals surface area contributed by atoms with Crippen molar-refractivity contribution in [1.29, 1.82) is 0 Å². The van der Waals surface area contributed by atoms with Crippen molar-refractivity contribution in [2.45, 2.75) is 19.9 Å². The standard InChI is InChI=1S/C21H29N5O.HI/c1-3-26(19-8-5-4-6-9-19)15-7-14-24-21(23-2)25-16-17-10-12-18(13-11-17)20(22)27;/h4-6,8-13H,3,7,14-16H2,1-2H3,(H2,22,27)(H2,23,24,25);1H. The first kappa shape index (κ1) is 23.7. The third-order valence-corrected chi connectivity index (χ3v) is 4.32. The lowest BCUT2D eigenvalue weighted by Gasteiger charge is -2.23. The van der Waals surface area contributed by atoms with Crippen LogP contribution in [-0.4, -0.2) is 38.5 Å². The maximum atomic E-state index is 11.1. The molecule has 0 aliphatic carbocycles. The fourth-order valence-electron chi connectivity index (χ4n) is 2.78. The highest BCUT2D eigenvalue weighted by atomic mass is 127. The minimum Gasteiger partial charge on any atom is -0.372 e. The van der Waals surface area contributed by atoms with Crippen LogP contribution in [0.4, 0.5) is 5.69 Å². The molecular formula is C21H30IN5O. The van der Waals surface area contributed by atoms with E-state index in [1.165, 1.54) is 5.69 Å². The van der Waals surface area contributed by atoms with Gasteiger partial charge in [0.1, 0.15) is 0 Å². The number of aliphatic imine (C=N–C) groups is 1. The van der Waals surface area contributed by atoms with Crippen molar-refractivity contribution in [3.05, 3.63) is 65.7 Å². The van der Waals surface area contributed by atoms with Crippen LogP contribution in [0.25, 0.3) is 0 Å². The zero-order valence-electron chi connectivity index (χ0n) is 16.5. The molecule has 0 bridgehead atoms. The second kappa shape index (κ2) is 13.0. The van der Waals surface area contributed by atoms with Gasteiger partial charge in [-0.1, -0.05) is 30.3 Å². The van der Waals surface area contributed by atoms with Crippen molar-refractivity contribution in [3.63, 3.8) is 0 Å². The van der Waals surface area contributed by atoms with Crippen molar-refractivity contribution in [2.24, 2.45) is 10.7 Å². The molecule has 0 radical (unpaired) electrons. The number of benzene rings is 2. The summed E-state index contributed by atoms with van der Waals surface area (Å²) in [5.41, 5.74) is 8.08. The number of primary amides is 1. The van der Waals surface area contributed by atoms with E-state index in [2.05, 4.69) is 51.7 Å². The Labute approximate surface area is 184 Å². The lowest BCUT2D eigenvalue weighted by atomic mass is 10.1. The summed E-state index contributed by atoms with van der Waals surface area (Å²) in [6.07, 6.45) is 1.01. The van der Waals surface area contributed by atoms with Gasteiger partial charge in [0.05, 0.1) is 0 Å². The Bertz CT molecular complexity index is 734. The third kappa shape index (κ3) is 7.75. The largest absolute Gasteiger partial charge is 0.372 e. The molecular weight excluding hydrogens is 465 g/mol. The van der Waals surface area contributed by atoms with Crippen molar-refractivity contribution < 1.29 is 4.79 Å². The molecule has 2 aromatic carbocycles. The van der Waals surface area contributed by atoms with Gasteiger partial charge >= 0.3 is 0 Å². The normalized spacial score (nSPS) is 10.7.